The highest BCUT2D eigenvalue weighted by Crippen LogP contribution is 2.66. The second-order valence-corrected chi connectivity index (χ2v) is 13.5. The van der Waals surface area contributed by atoms with Crippen LogP contribution in [-0.2, 0) is 25.6 Å². The maximum atomic E-state index is 14.4. The predicted octanol–water partition coefficient (Wildman–Crippen LogP) is 5.87. The van der Waals surface area contributed by atoms with Crippen LogP contribution < -0.4 is 14.5 Å². The molecule has 1 saturated carbocycles. The molecular formula is C35H29Cl2FN2O6. The average molecular weight is 664 g/mol. The number of benzene rings is 3. The van der Waals surface area contributed by atoms with Gasteiger partial charge in [0.15, 0.2) is 21.2 Å². The molecule has 3 fully saturated rings. The summed E-state index contributed by atoms with van der Waals surface area (Å²) in [6.45, 7) is 2.01. The van der Waals surface area contributed by atoms with Gasteiger partial charge in [0, 0.05) is 5.92 Å². The molecule has 1 N–H and O–H groups in total. The molecule has 46 heavy (non-hydrogen) atoms. The Morgan fingerprint density at radius 1 is 0.891 bits per heavy atom. The van der Waals surface area contributed by atoms with E-state index in [0.717, 1.165) is 29.0 Å². The van der Waals surface area contributed by atoms with Crippen LogP contribution in [0.5, 0.6) is 11.5 Å². The van der Waals surface area contributed by atoms with Crippen LogP contribution in [0.1, 0.15) is 36.8 Å². The third-order valence-electron chi connectivity index (χ3n) is 10.0. The van der Waals surface area contributed by atoms with Crippen molar-refractivity contribution >= 4 is 58.2 Å². The number of alkyl halides is 2. The number of amides is 4. The van der Waals surface area contributed by atoms with Gasteiger partial charge in [-0.15, -0.1) is 23.2 Å². The molecule has 11 heteroatoms. The lowest BCUT2D eigenvalue weighted by atomic mass is 9.56. The number of allylic oxidation sites excluding steroid dienone is 2. The number of hydrogen-bond donors (Lipinski definition) is 1. The molecule has 3 aromatic carbocycles. The Labute approximate surface area is 274 Å². The van der Waals surface area contributed by atoms with E-state index in [9.17, 15) is 28.7 Å². The molecule has 4 aliphatic rings. The zero-order valence-corrected chi connectivity index (χ0v) is 26.4. The van der Waals surface area contributed by atoms with E-state index in [0.29, 0.717) is 16.8 Å². The number of anilines is 2. The summed E-state index contributed by atoms with van der Waals surface area (Å²) in [4.78, 5) is 54.7. The van der Waals surface area contributed by atoms with Crippen LogP contribution in [0.2, 0.25) is 0 Å². The molecule has 0 bridgehead atoms. The van der Waals surface area contributed by atoms with Gasteiger partial charge in [0.05, 0.1) is 30.3 Å². The SMILES string of the molecule is CCc1ccc(N2C(=O)[C@H]3[C@H](CC=C4[C@H]3C[C@@]3(Cl)C(=O)N(c5ccc(F)cc5)C(=O)[C@@]3(Cl)[C@H]4c3ccc(OC)c(O)c3)C2=O)cc1. The van der Waals surface area contributed by atoms with Gasteiger partial charge < -0.3 is 9.84 Å². The van der Waals surface area contributed by atoms with Gasteiger partial charge in [0.1, 0.15) is 5.82 Å². The van der Waals surface area contributed by atoms with Crippen LogP contribution in [0, 0.1) is 23.6 Å². The summed E-state index contributed by atoms with van der Waals surface area (Å²) in [5.41, 5.74) is 2.56. The highest BCUT2D eigenvalue weighted by atomic mass is 35.5. The summed E-state index contributed by atoms with van der Waals surface area (Å²) in [7, 11) is 1.39. The fraction of sp³-hybridized carbons (Fsp3) is 0.314. The highest BCUT2D eigenvalue weighted by molar-refractivity contribution is 6.58. The van der Waals surface area contributed by atoms with Crippen LogP contribution in [0.3, 0.4) is 0 Å². The molecule has 0 aromatic heterocycles. The number of imide groups is 2. The number of methoxy groups -OCH3 is 1. The lowest BCUT2D eigenvalue weighted by molar-refractivity contribution is -0.125. The summed E-state index contributed by atoms with van der Waals surface area (Å²) in [5, 5.41) is 10.8. The topological polar surface area (TPSA) is 104 Å². The van der Waals surface area contributed by atoms with Crippen LogP contribution in [-0.4, -0.2) is 45.6 Å². The number of hydrogen-bond acceptors (Lipinski definition) is 6. The number of halogens is 3. The quantitative estimate of drug-likeness (QED) is 0.208. The number of ether oxygens (including phenoxy) is 1. The van der Waals surface area contributed by atoms with Crippen LogP contribution in [0.4, 0.5) is 15.8 Å². The van der Waals surface area contributed by atoms with E-state index in [1.54, 1.807) is 18.2 Å². The predicted molar refractivity (Wildman–Crippen MR) is 170 cm³/mol. The second-order valence-electron chi connectivity index (χ2n) is 12.2. The first-order chi connectivity index (χ1) is 22.0. The Kier molecular flexibility index (Phi) is 7.06. The molecule has 236 valence electrons. The van der Waals surface area contributed by atoms with Gasteiger partial charge in [0.2, 0.25) is 11.8 Å². The minimum Gasteiger partial charge on any atom is -0.504 e. The van der Waals surface area contributed by atoms with Crippen molar-refractivity contribution in [2.24, 2.45) is 17.8 Å². The lowest BCUT2D eigenvalue weighted by Gasteiger charge is -2.50. The van der Waals surface area contributed by atoms with Crippen molar-refractivity contribution in [3.05, 3.63) is 95.3 Å². The fourth-order valence-electron chi connectivity index (χ4n) is 7.79. The average Bonchev–Trinajstić information content (AvgIpc) is 3.39. The van der Waals surface area contributed by atoms with E-state index >= 15 is 0 Å². The van der Waals surface area contributed by atoms with Crippen LogP contribution >= 0.6 is 23.2 Å². The van der Waals surface area contributed by atoms with Gasteiger partial charge in [0.25, 0.3) is 11.8 Å². The van der Waals surface area contributed by atoms with Gasteiger partial charge in [-0.25, -0.2) is 9.29 Å². The number of nitrogens with zero attached hydrogens (tertiary/aromatic N) is 2. The first-order valence-corrected chi connectivity index (χ1v) is 15.8. The van der Waals surface area contributed by atoms with E-state index in [1.807, 2.05) is 25.1 Å². The number of carbonyl (C=O) groups is 4. The maximum Gasteiger partial charge on any atom is 0.258 e. The Balaban J connectivity index is 1.38. The van der Waals surface area contributed by atoms with E-state index in [2.05, 4.69) is 0 Å². The van der Waals surface area contributed by atoms with Crippen LogP contribution in [0.25, 0.3) is 0 Å². The number of aryl methyl sites for hydroxylation is 1. The standard InChI is InChI=1S/C35H29Cl2FN2O6/c1-3-18-4-9-21(10-5-18)39-30(42)24-14-13-23-25(28(24)31(39)43)17-34(36)32(44)40(22-11-7-20(38)8-12-22)33(45)35(34,37)29(23)19-6-15-27(46-2)26(41)16-19/h4-13,15-16,24-25,28-29,41H,3,14,17H2,1-2H3/t24-,25+,28-,29-,34+,35-/m0/s1. The van der Waals surface area contributed by atoms with Gasteiger partial charge in [-0.2, -0.15) is 0 Å². The summed E-state index contributed by atoms with van der Waals surface area (Å²) >= 11 is 14.7. The van der Waals surface area contributed by atoms with Gasteiger partial charge in [-0.05, 0) is 84.8 Å². The zero-order chi connectivity index (χ0) is 32.7. The van der Waals surface area contributed by atoms with E-state index in [-0.39, 0.29) is 35.9 Å². The number of phenols is 1. The van der Waals surface area contributed by atoms with E-state index in [4.69, 9.17) is 27.9 Å². The van der Waals surface area contributed by atoms with Crippen molar-refractivity contribution in [3.63, 3.8) is 0 Å². The Morgan fingerprint density at radius 2 is 1.54 bits per heavy atom. The van der Waals surface area contributed by atoms with E-state index < -0.39 is 57.0 Å². The Bertz CT molecular complexity index is 1850. The molecule has 7 rings (SSSR count). The van der Waals surface area contributed by atoms with Gasteiger partial charge >= 0.3 is 0 Å². The third-order valence-corrected chi connectivity index (χ3v) is 11.4. The van der Waals surface area contributed by atoms with Crippen molar-refractivity contribution in [1.82, 2.24) is 0 Å². The van der Waals surface area contributed by atoms with Crippen molar-refractivity contribution < 1.29 is 33.4 Å². The first kappa shape index (κ1) is 30.4. The molecule has 0 spiro atoms. The molecule has 0 unspecified atom stereocenters. The molecule has 4 amide bonds. The number of rotatable bonds is 5. The second kappa shape index (κ2) is 10.7. The Hall–Kier alpha value is -4.21. The fourth-order valence-corrected chi connectivity index (χ4v) is 8.73. The minimum absolute atomic E-state index is 0.0887. The Morgan fingerprint density at radius 3 is 2.17 bits per heavy atom. The number of carbonyl (C=O) groups excluding carboxylic acids is 4. The van der Waals surface area contributed by atoms with E-state index in [1.165, 1.54) is 36.3 Å². The molecule has 2 aliphatic carbocycles. The smallest absolute Gasteiger partial charge is 0.258 e. The van der Waals surface area contributed by atoms with Gasteiger partial charge in [-0.1, -0.05) is 36.8 Å². The van der Waals surface area contributed by atoms with Crippen LogP contribution in [0.15, 0.2) is 78.4 Å². The molecule has 2 heterocycles. The summed E-state index contributed by atoms with van der Waals surface area (Å²) in [5.74, 6) is -6.38. The molecule has 8 nitrogen and oxygen atoms in total. The largest absolute Gasteiger partial charge is 0.504 e. The maximum absolute atomic E-state index is 14.4. The normalized spacial score (nSPS) is 30.2. The van der Waals surface area contributed by atoms with Crippen molar-refractivity contribution in [2.75, 3.05) is 16.9 Å². The van der Waals surface area contributed by atoms with Crippen molar-refractivity contribution in [2.45, 2.75) is 41.9 Å². The number of aromatic hydroxyl groups is 1. The van der Waals surface area contributed by atoms with Crippen molar-refractivity contribution in [3.8, 4) is 11.5 Å². The molecular weight excluding hydrogens is 634 g/mol. The monoisotopic (exact) mass is 662 g/mol. The molecule has 6 atom stereocenters. The summed E-state index contributed by atoms with van der Waals surface area (Å²) in [6.07, 6.45) is 2.62. The van der Waals surface area contributed by atoms with Gasteiger partial charge in [-0.3, -0.25) is 24.1 Å². The molecule has 2 saturated heterocycles. The zero-order valence-electron chi connectivity index (χ0n) is 24.9. The number of phenolic OH excluding ortho intramolecular Hbond substituents is 1. The molecule has 0 radical (unpaired) electrons. The summed E-state index contributed by atoms with van der Waals surface area (Å²) < 4.78 is 19.1. The number of fused-ring (bicyclic) bond motifs is 4. The molecule has 3 aromatic rings. The third kappa shape index (κ3) is 4.04. The summed E-state index contributed by atoms with van der Waals surface area (Å²) in [6, 6.07) is 16.6. The molecule has 2 aliphatic heterocycles. The first-order valence-electron chi connectivity index (χ1n) is 15.0. The van der Waals surface area contributed by atoms with Crippen molar-refractivity contribution in [1.29, 1.82) is 0 Å². The minimum atomic E-state index is -2.10. The highest BCUT2D eigenvalue weighted by Gasteiger charge is 2.76. The lowest BCUT2D eigenvalue weighted by Crippen LogP contribution is -2.60.